The maximum absolute atomic E-state index is 6.18. The molecule has 19 heavy (non-hydrogen) atoms. The van der Waals surface area contributed by atoms with Gasteiger partial charge in [0.25, 0.3) is 0 Å². The van der Waals surface area contributed by atoms with E-state index in [9.17, 15) is 0 Å². The van der Waals surface area contributed by atoms with Crippen LogP contribution in [-0.4, -0.2) is 9.97 Å². The Labute approximate surface area is 140 Å². The molecule has 2 rings (SSSR count). The molecule has 0 amide bonds. The highest BCUT2D eigenvalue weighted by Gasteiger charge is 2.17. The van der Waals surface area contributed by atoms with Gasteiger partial charge in [0.05, 0.1) is 24.9 Å². The quantitative estimate of drug-likeness (QED) is 0.445. The van der Waals surface area contributed by atoms with Crippen molar-refractivity contribution >= 4 is 57.4 Å². The van der Waals surface area contributed by atoms with Crippen LogP contribution < -0.4 is 0 Å². The second kappa shape index (κ2) is 6.12. The van der Waals surface area contributed by atoms with Crippen LogP contribution in [0.1, 0.15) is 25.5 Å². The Morgan fingerprint density at radius 1 is 1.05 bits per heavy atom. The molecule has 100 valence electrons. The van der Waals surface area contributed by atoms with Crippen LogP contribution in [0.4, 0.5) is 0 Å². The van der Waals surface area contributed by atoms with Gasteiger partial charge >= 0.3 is 0 Å². The number of nitrogens with zero attached hydrogens (tertiary/aromatic N) is 2. The van der Waals surface area contributed by atoms with E-state index in [4.69, 9.17) is 34.8 Å². The molecule has 2 nitrogen and oxygen atoms in total. The summed E-state index contributed by atoms with van der Waals surface area (Å²) in [5.74, 6) is 0.706. The van der Waals surface area contributed by atoms with Gasteiger partial charge in [0.15, 0.2) is 5.82 Å². The lowest BCUT2D eigenvalue weighted by atomic mass is 10.1. The van der Waals surface area contributed by atoms with Crippen LogP contribution >= 0.6 is 57.4 Å². The number of hydrogen-bond donors (Lipinski definition) is 0. The van der Waals surface area contributed by atoms with E-state index >= 15 is 0 Å². The van der Waals surface area contributed by atoms with Gasteiger partial charge < -0.3 is 0 Å². The summed E-state index contributed by atoms with van der Waals surface area (Å²) in [4.78, 5) is 8.84. The Hall–Kier alpha value is -0.100. The van der Waals surface area contributed by atoms with Crippen molar-refractivity contribution in [2.45, 2.75) is 19.8 Å². The fraction of sp³-hybridized carbons (Fsp3) is 0.231. The van der Waals surface area contributed by atoms with Crippen LogP contribution in [-0.2, 0) is 0 Å². The maximum atomic E-state index is 6.18. The van der Waals surface area contributed by atoms with Crippen molar-refractivity contribution in [1.82, 2.24) is 9.97 Å². The lowest BCUT2D eigenvalue weighted by Crippen LogP contribution is -2.03. The Kier molecular flexibility index (Phi) is 4.93. The van der Waals surface area contributed by atoms with Crippen LogP contribution in [0.3, 0.4) is 0 Å². The molecule has 1 aromatic carbocycles. The highest BCUT2D eigenvalue weighted by molar-refractivity contribution is 14.1. The summed E-state index contributed by atoms with van der Waals surface area (Å²) in [6, 6.07) is 5.30. The highest BCUT2D eigenvalue weighted by Crippen LogP contribution is 2.35. The molecule has 0 saturated carbocycles. The minimum Gasteiger partial charge on any atom is -0.231 e. The van der Waals surface area contributed by atoms with Crippen molar-refractivity contribution in [2.75, 3.05) is 0 Å². The largest absolute Gasteiger partial charge is 0.231 e. The Morgan fingerprint density at radius 3 is 2.16 bits per heavy atom. The van der Waals surface area contributed by atoms with Crippen LogP contribution in [0.2, 0.25) is 15.2 Å². The fourth-order valence-corrected chi connectivity index (χ4v) is 3.25. The fourth-order valence-electron chi connectivity index (χ4n) is 1.64. The topological polar surface area (TPSA) is 25.8 Å². The van der Waals surface area contributed by atoms with Gasteiger partial charge in [-0.05, 0) is 40.6 Å². The Balaban J connectivity index is 2.70. The van der Waals surface area contributed by atoms with E-state index in [1.165, 1.54) is 0 Å². The smallest absolute Gasteiger partial charge is 0.164 e. The second-order valence-electron chi connectivity index (χ2n) is 4.29. The molecule has 0 unspecified atom stereocenters. The van der Waals surface area contributed by atoms with Crippen molar-refractivity contribution in [3.05, 3.63) is 42.7 Å². The first-order valence-corrected chi connectivity index (χ1v) is 7.80. The average molecular weight is 428 g/mol. The lowest BCUT2D eigenvalue weighted by molar-refractivity contribution is 0.808. The van der Waals surface area contributed by atoms with Crippen molar-refractivity contribution in [2.24, 2.45) is 0 Å². The lowest BCUT2D eigenvalue weighted by Gasteiger charge is -2.12. The van der Waals surface area contributed by atoms with E-state index < -0.39 is 0 Å². The number of aromatic nitrogens is 2. The van der Waals surface area contributed by atoms with Crippen LogP contribution in [0.15, 0.2) is 18.2 Å². The van der Waals surface area contributed by atoms with Gasteiger partial charge in [-0.15, -0.1) is 0 Å². The standard InChI is InChI=1S/C13H10Cl3IN2/c1-6(2)11-10(17)12(16)19-13(18-11)9-7(14)4-3-5-8(9)15/h3-6H,1-2H3. The zero-order valence-electron chi connectivity index (χ0n) is 10.2. The summed E-state index contributed by atoms with van der Waals surface area (Å²) in [5, 5.41) is 1.45. The summed E-state index contributed by atoms with van der Waals surface area (Å²) in [5.41, 5.74) is 1.51. The predicted octanol–water partition coefficient (Wildman–Crippen LogP) is 5.83. The molecule has 0 fully saturated rings. The second-order valence-corrected chi connectivity index (χ2v) is 6.54. The first-order valence-electron chi connectivity index (χ1n) is 5.59. The molecule has 0 bridgehead atoms. The molecule has 0 N–H and O–H groups in total. The Bertz CT molecular complexity index is 609. The summed E-state index contributed by atoms with van der Waals surface area (Å²) >= 11 is 20.7. The Morgan fingerprint density at radius 2 is 1.63 bits per heavy atom. The van der Waals surface area contributed by atoms with E-state index in [2.05, 4.69) is 46.4 Å². The zero-order valence-corrected chi connectivity index (χ0v) is 14.6. The molecular weight excluding hydrogens is 417 g/mol. The van der Waals surface area contributed by atoms with Crippen molar-refractivity contribution in [3.8, 4) is 11.4 Å². The minimum atomic E-state index is 0.243. The molecule has 0 aliphatic rings. The monoisotopic (exact) mass is 426 g/mol. The van der Waals surface area contributed by atoms with E-state index in [-0.39, 0.29) is 5.92 Å². The number of benzene rings is 1. The zero-order chi connectivity index (χ0) is 14.2. The van der Waals surface area contributed by atoms with Gasteiger partial charge in [-0.1, -0.05) is 54.7 Å². The molecule has 0 radical (unpaired) electrons. The first kappa shape index (κ1) is 15.3. The molecule has 0 saturated heterocycles. The summed E-state index contributed by atoms with van der Waals surface area (Å²) in [6.07, 6.45) is 0. The molecule has 0 aliphatic heterocycles. The number of halogens is 4. The number of rotatable bonds is 2. The van der Waals surface area contributed by atoms with Gasteiger partial charge in [-0.25, -0.2) is 9.97 Å². The van der Waals surface area contributed by atoms with Crippen LogP contribution in [0.5, 0.6) is 0 Å². The first-order chi connectivity index (χ1) is 8.91. The van der Waals surface area contributed by atoms with Gasteiger partial charge in [0, 0.05) is 0 Å². The molecule has 1 aromatic heterocycles. The third-order valence-corrected chi connectivity index (χ3v) is 4.86. The van der Waals surface area contributed by atoms with E-state index in [1.807, 2.05) is 0 Å². The SMILES string of the molecule is CC(C)c1nc(-c2c(Cl)cccc2Cl)nc(Cl)c1I. The minimum absolute atomic E-state index is 0.243. The molecule has 6 heteroatoms. The van der Waals surface area contributed by atoms with Gasteiger partial charge in [0.1, 0.15) is 5.15 Å². The maximum Gasteiger partial charge on any atom is 0.164 e. The predicted molar refractivity (Wildman–Crippen MR) is 89.3 cm³/mol. The van der Waals surface area contributed by atoms with Gasteiger partial charge in [-0.3, -0.25) is 0 Å². The summed E-state index contributed by atoms with van der Waals surface area (Å²) in [6.45, 7) is 4.11. The van der Waals surface area contributed by atoms with Gasteiger partial charge in [-0.2, -0.15) is 0 Å². The third-order valence-electron chi connectivity index (χ3n) is 2.57. The van der Waals surface area contributed by atoms with Crippen LogP contribution in [0, 0.1) is 3.57 Å². The molecule has 0 aliphatic carbocycles. The normalized spacial score (nSPS) is 11.1. The van der Waals surface area contributed by atoms with E-state index in [0.29, 0.717) is 26.6 Å². The molecular formula is C13H10Cl3IN2. The van der Waals surface area contributed by atoms with Gasteiger partial charge in [0.2, 0.25) is 0 Å². The third kappa shape index (κ3) is 3.15. The average Bonchev–Trinajstić information content (AvgIpc) is 2.32. The van der Waals surface area contributed by atoms with Crippen molar-refractivity contribution in [3.63, 3.8) is 0 Å². The van der Waals surface area contributed by atoms with Crippen molar-refractivity contribution < 1.29 is 0 Å². The molecule has 0 spiro atoms. The molecule has 2 aromatic rings. The highest BCUT2D eigenvalue weighted by atomic mass is 127. The summed E-state index contributed by atoms with van der Waals surface area (Å²) < 4.78 is 0.862. The van der Waals surface area contributed by atoms with Crippen molar-refractivity contribution in [1.29, 1.82) is 0 Å². The molecule has 1 heterocycles. The van der Waals surface area contributed by atoms with E-state index in [1.54, 1.807) is 18.2 Å². The van der Waals surface area contributed by atoms with E-state index in [0.717, 1.165) is 9.26 Å². The van der Waals surface area contributed by atoms with Crippen LogP contribution in [0.25, 0.3) is 11.4 Å². The molecule has 0 atom stereocenters. The summed E-state index contributed by atoms with van der Waals surface area (Å²) in [7, 11) is 0. The number of hydrogen-bond acceptors (Lipinski definition) is 2.